The minimum absolute atomic E-state index is 0.0680. The third kappa shape index (κ3) is 5.79. The molecule has 5 nitrogen and oxygen atoms in total. The fourth-order valence-corrected chi connectivity index (χ4v) is 3.48. The van der Waals surface area contributed by atoms with Gasteiger partial charge in [-0.1, -0.05) is 11.6 Å². The van der Waals surface area contributed by atoms with Gasteiger partial charge in [-0.25, -0.2) is 12.7 Å². The van der Waals surface area contributed by atoms with Gasteiger partial charge in [-0.05, 0) is 44.9 Å². The Kier molecular flexibility index (Phi) is 5.81. The average Bonchev–Trinajstić information content (AvgIpc) is 3.26. The Hall–Kier alpha value is -0.880. The van der Waals surface area contributed by atoms with E-state index in [4.69, 9.17) is 0 Å². The predicted octanol–water partition coefficient (Wildman–Crippen LogP) is 1.66. The van der Waals surface area contributed by atoms with Crippen LogP contribution in [-0.2, 0) is 14.8 Å². The SMILES string of the molecule is CS(=O)(=O)N(CCNC(=O)C1CC1)CCC1=CCCCC1. The normalized spacial score (nSPS) is 19.4. The molecule has 0 aromatic rings. The summed E-state index contributed by atoms with van der Waals surface area (Å²) < 4.78 is 25.1. The molecule has 1 saturated carbocycles. The van der Waals surface area contributed by atoms with Crippen LogP contribution in [0.2, 0.25) is 0 Å². The molecule has 0 unspecified atom stereocenters. The molecular formula is C15H26N2O3S. The maximum Gasteiger partial charge on any atom is 0.223 e. The van der Waals surface area contributed by atoms with Crippen LogP contribution < -0.4 is 5.32 Å². The molecule has 2 aliphatic rings. The summed E-state index contributed by atoms with van der Waals surface area (Å²) in [5.41, 5.74) is 1.37. The number of amides is 1. The molecule has 0 aromatic heterocycles. The fourth-order valence-electron chi connectivity index (χ4n) is 2.64. The van der Waals surface area contributed by atoms with E-state index in [0.717, 1.165) is 32.1 Å². The summed E-state index contributed by atoms with van der Waals surface area (Å²) in [6.07, 6.45) is 10.9. The highest BCUT2D eigenvalue weighted by molar-refractivity contribution is 7.88. The third-order valence-electron chi connectivity index (χ3n) is 4.14. The van der Waals surface area contributed by atoms with Crippen LogP contribution >= 0.6 is 0 Å². The molecule has 0 spiro atoms. The molecule has 0 heterocycles. The molecule has 0 aromatic carbocycles. The molecule has 1 N–H and O–H groups in total. The second-order valence-electron chi connectivity index (χ2n) is 6.09. The lowest BCUT2D eigenvalue weighted by Gasteiger charge is -2.22. The Morgan fingerprint density at radius 2 is 2.10 bits per heavy atom. The number of hydrogen-bond donors (Lipinski definition) is 1. The first-order valence-electron chi connectivity index (χ1n) is 7.87. The summed E-state index contributed by atoms with van der Waals surface area (Å²) in [7, 11) is -3.21. The van der Waals surface area contributed by atoms with Crippen molar-refractivity contribution in [2.45, 2.75) is 44.9 Å². The molecule has 0 radical (unpaired) electrons. The largest absolute Gasteiger partial charge is 0.355 e. The van der Waals surface area contributed by atoms with Crippen LogP contribution in [0.1, 0.15) is 44.9 Å². The second kappa shape index (κ2) is 7.40. The maximum absolute atomic E-state index is 11.8. The van der Waals surface area contributed by atoms with E-state index in [1.165, 1.54) is 29.0 Å². The zero-order valence-corrected chi connectivity index (χ0v) is 13.6. The van der Waals surface area contributed by atoms with Crippen molar-refractivity contribution in [1.29, 1.82) is 0 Å². The highest BCUT2D eigenvalue weighted by atomic mass is 32.2. The first kappa shape index (κ1) is 16.5. The summed E-state index contributed by atoms with van der Waals surface area (Å²) in [5.74, 6) is 0.238. The van der Waals surface area contributed by atoms with Gasteiger partial charge in [-0.2, -0.15) is 0 Å². The zero-order chi connectivity index (χ0) is 15.3. The molecule has 0 aliphatic heterocycles. The molecule has 0 saturated heterocycles. The number of allylic oxidation sites excluding steroid dienone is 1. The molecule has 1 amide bonds. The summed E-state index contributed by atoms with van der Waals surface area (Å²) in [4.78, 5) is 11.6. The van der Waals surface area contributed by atoms with Crippen LogP contribution in [0, 0.1) is 5.92 Å². The Morgan fingerprint density at radius 3 is 2.67 bits per heavy atom. The van der Waals surface area contributed by atoms with E-state index in [1.807, 2.05) is 0 Å². The standard InChI is InChI=1S/C15H26N2O3S/c1-21(19,20)17(11-9-13-5-3-2-4-6-13)12-10-16-15(18)14-7-8-14/h5,14H,2-4,6-12H2,1H3,(H,16,18). The summed E-state index contributed by atoms with van der Waals surface area (Å²) in [6.45, 7) is 1.29. The molecule has 6 heteroatoms. The second-order valence-corrected chi connectivity index (χ2v) is 8.07. The number of hydrogen-bond acceptors (Lipinski definition) is 3. The van der Waals surface area contributed by atoms with Gasteiger partial charge >= 0.3 is 0 Å². The van der Waals surface area contributed by atoms with Gasteiger partial charge in [0.05, 0.1) is 6.26 Å². The van der Waals surface area contributed by atoms with Gasteiger partial charge in [-0.15, -0.1) is 0 Å². The van der Waals surface area contributed by atoms with Crippen molar-refractivity contribution in [1.82, 2.24) is 9.62 Å². The Balaban J connectivity index is 1.77. The highest BCUT2D eigenvalue weighted by Gasteiger charge is 2.29. The molecular weight excluding hydrogens is 288 g/mol. The maximum atomic E-state index is 11.8. The van der Waals surface area contributed by atoms with Crippen molar-refractivity contribution >= 4 is 15.9 Å². The van der Waals surface area contributed by atoms with E-state index >= 15 is 0 Å². The lowest BCUT2D eigenvalue weighted by molar-refractivity contribution is -0.122. The van der Waals surface area contributed by atoms with E-state index in [2.05, 4.69) is 11.4 Å². The van der Waals surface area contributed by atoms with Crippen molar-refractivity contribution in [3.05, 3.63) is 11.6 Å². The Labute approximate surface area is 127 Å². The van der Waals surface area contributed by atoms with Crippen molar-refractivity contribution in [3.8, 4) is 0 Å². The topological polar surface area (TPSA) is 66.5 Å². The summed E-state index contributed by atoms with van der Waals surface area (Å²) in [5, 5.41) is 2.83. The first-order valence-corrected chi connectivity index (χ1v) is 9.72. The molecule has 120 valence electrons. The Morgan fingerprint density at radius 1 is 1.33 bits per heavy atom. The minimum atomic E-state index is -3.21. The first-order chi connectivity index (χ1) is 9.97. The smallest absolute Gasteiger partial charge is 0.223 e. The van der Waals surface area contributed by atoms with Crippen LogP contribution in [0.25, 0.3) is 0 Å². The van der Waals surface area contributed by atoms with Crippen LogP contribution in [0.15, 0.2) is 11.6 Å². The minimum Gasteiger partial charge on any atom is -0.355 e. The number of carbonyl (C=O) groups is 1. The molecule has 21 heavy (non-hydrogen) atoms. The van der Waals surface area contributed by atoms with Gasteiger partial charge in [0.2, 0.25) is 15.9 Å². The molecule has 0 atom stereocenters. The van der Waals surface area contributed by atoms with E-state index < -0.39 is 10.0 Å². The summed E-state index contributed by atoms with van der Waals surface area (Å²) >= 11 is 0. The van der Waals surface area contributed by atoms with E-state index in [0.29, 0.717) is 19.6 Å². The van der Waals surface area contributed by atoms with Crippen molar-refractivity contribution in [2.75, 3.05) is 25.9 Å². The Bertz CT molecular complexity index is 495. The van der Waals surface area contributed by atoms with E-state index in [9.17, 15) is 13.2 Å². The van der Waals surface area contributed by atoms with E-state index in [1.54, 1.807) is 0 Å². The van der Waals surface area contributed by atoms with Crippen LogP contribution in [0.4, 0.5) is 0 Å². The van der Waals surface area contributed by atoms with Gasteiger partial charge < -0.3 is 5.32 Å². The van der Waals surface area contributed by atoms with Crippen LogP contribution in [0.5, 0.6) is 0 Å². The van der Waals surface area contributed by atoms with Gasteiger partial charge in [-0.3, -0.25) is 4.79 Å². The zero-order valence-electron chi connectivity index (χ0n) is 12.8. The van der Waals surface area contributed by atoms with Gasteiger partial charge in [0.1, 0.15) is 0 Å². The van der Waals surface area contributed by atoms with Crippen molar-refractivity contribution in [3.63, 3.8) is 0 Å². The predicted molar refractivity (Wildman–Crippen MR) is 83.3 cm³/mol. The number of nitrogens with one attached hydrogen (secondary N) is 1. The monoisotopic (exact) mass is 314 g/mol. The number of rotatable bonds is 8. The molecule has 2 rings (SSSR count). The molecule has 2 aliphatic carbocycles. The molecule has 1 fully saturated rings. The number of sulfonamides is 1. The number of nitrogens with zero attached hydrogens (tertiary/aromatic N) is 1. The third-order valence-corrected chi connectivity index (χ3v) is 5.45. The van der Waals surface area contributed by atoms with Gasteiger partial charge in [0.25, 0.3) is 0 Å². The lowest BCUT2D eigenvalue weighted by Crippen LogP contribution is -2.39. The quantitative estimate of drug-likeness (QED) is 0.693. The lowest BCUT2D eigenvalue weighted by atomic mass is 9.97. The molecule has 0 bridgehead atoms. The number of carbonyl (C=O) groups excluding carboxylic acids is 1. The fraction of sp³-hybridized carbons (Fsp3) is 0.800. The summed E-state index contributed by atoms with van der Waals surface area (Å²) in [6, 6.07) is 0. The van der Waals surface area contributed by atoms with Gasteiger partial charge in [0, 0.05) is 25.6 Å². The van der Waals surface area contributed by atoms with Crippen molar-refractivity contribution < 1.29 is 13.2 Å². The van der Waals surface area contributed by atoms with Gasteiger partial charge in [0.15, 0.2) is 0 Å². The van der Waals surface area contributed by atoms with Crippen molar-refractivity contribution in [2.24, 2.45) is 5.92 Å². The average molecular weight is 314 g/mol. The van der Waals surface area contributed by atoms with Crippen LogP contribution in [-0.4, -0.2) is 44.5 Å². The van der Waals surface area contributed by atoms with E-state index in [-0.39, 0.29) is 11.8 Å². The highest BCUT2D eigenvalue weighted by Crippen LogP contribution is 2.28. The van der Waals surface area contributed by atoms with Crippen LogP contribution in [0.3, 0.4) is 0 Å².